The summed E-state index contributed by atoms with van der Waals surface area (Å²) in [5.74, 6) is 2.86. The summed E-state index contributed by atoms with van der Waals surface area (Å²) in [7, 11) is 0. The van der Waals surface area contributed by atoms with Crippen LogP contribution in [0.4, 0.5) is 4.79 Å². The molecular weight excluding hydrogens is 591 g/mol. The van der Waals surface area contributed by atoms with Crippen LogP contribution in [0.5, 0.6) is 0 Å². The first-order valence-electron chi connectivity index (χ1n) is 8.89. The monoisotopic (exact) mass is 619 g/mol. The van der Waals surface area contributed by atoms with Crippen molar-refractivity contribution in [2.45, 2.75) is 0 Å². The second-order valence-corrected chi connectivity index (χ2v) is 13.7. The number of rotatable bonds is 25. The number of hydrogen-bond donors (Lipinski definition) is 2. The Hall–Kier alpha value is 0.890. The van der Waals surface area contributed by atoms with Gasteiger partial charge in [-0.2, -0.15) is 9.78 Å². The fraction of sp³-hybridized carbons (Fsp3) is 0.800. The molecule has 0 spiro atoms. The molecule has 33 heavy (non-hydrogen) atoms. The van der Waals surface area contributed by atoms with E-state index in [1.54, 1.807) is 47.0 Å². The van der Waals surface area contributed by atoms with Crippen molar-refractivity contribution in [3.8, 4) is 0 Å². The average molecular weight is 620 g/mol. The third-order valence-corrected chi connectivity index (χ3v) is 9.77. The number of nitrogens with one attached hydrogen (secondary N) is 1. The van der Waals surface area contributed by atoms with E-state index in [1.165, 1.54) is 59.8 Å². The highest BCUT2D eigenvalue weighted by molar-refractivity contribution is 8.22. The van der Waals surface area contributed by atoms with Crippen LogP contribution in [-0.2, 0) is 24.3 Å². The molecule has 2 N–H and O–H groups in total. The van der Waals surface area contributed by atoms with Crippen molar-refractivity contribution >= 4 is 113 Å². The summed E-state index contributed by atoms with van der Waals surface area (Å²) < 4.78 is 5.07. The van der Waals surface area contributed by atoms with E-state index in [0.717, 1.165) is 15.3 Å². The number of aliphatic imine (C=N–C) groups is 2. The van der Waals surface area contributed by atoms with E-state index >= 15 is 0 Å². The van der Waals surface area contributed by atoms with Crippen LogP contribution >= 0.6 is 94.1 Å². The van der Waals surface area contributed by atoms with Gasteiger partial charge in [-0.05, 0) is 6.26 Å². The number of alkyl carbamates (subject to hydrolysis) is 1. The molecule has 0 saturated heterocycles. The number of nitrogens with zero attached hydrogens (tertiary/aromatic N) is 2. The molecule has 0 unspecified atom stereocenters. The number of thioether (sulfide) groups is 8. The quantitative estimate of drug-likeness (QED) is 0.0367. The number of aliphatic hydroxyl groups excluding tert-OH is 1. The average Bonchev–Trinajstić information content (AvgIpc) is 2.82. The first-order chi connectivity index (χ1) is 16.3. The molecule has 18 heteroatoms. The fourth-order valence-corrected chi connectivity index (χ4v) is 6.73. The van der Waals surface area contributed by atoms with Gasteiger partial charge in [0, 0.05) is 20.3 Å². The zero-order valence-corrected chi connectivity index (χ0v) is 24.5. The predicted octanol–water partition coefficient (Wildman–Crippen LogP) is 4.69. The molecule has 0 saturated carbocycles. The number of aliphatic hydroxyl groups is 1. The Morgan fingerprint density at radius 1 is 0.818 bits per heavy atom. The van der Waals surface area contributed by atoms with E-state index in [4.69, 9.17) is 29.4 Å². The van der Waals surface area contributed by atoms with Gasteiger partial charge in [-0.1, -0.05) is 0 Å². The summed E-state index contributed by atoms with van der Waals surface area (Å²) in [6, 6.07) is 0. The molecule has 0 fully saturated rings. The molecular formula is C15H29N3O7S8. The predicted molar refractivity (Wildman–Crippen MR) is 153 cm³/mol. The van der Waals surface area contributed by atoms with Crippen molar-refractivity contribution in [2.75, 3.05) is 68.0 Å². The maximum Gasteiger partial charge on any atom is 0.408 e. The van der Waals surface area contributed by atoms with Gasteiger partial charge in [0.2, 0.25) is 12.8 Å². The minimum absolute atomic E-state index is 0.106. The SMILES string of the molecule is CSCN=COOCSCSCOC(=O)NCSCSCSCN=COOCSCSCO. The summed E-state index contributed by atoms with van der Waals surface area (Å²) in [5.41, 5.74) is 0. The maximum absolute atomic E-state index is 11.6. The van der Waals surface area contributed by atoms with Gasteiger partial charge >= 0.3 is 6.09 Å². The highest BCUT2D eigenvalue weighted by Crippen LogP contribution is 2.17. The Morgan fingerprint density at radius 3 is 2.12 bits per heavy atom. The molecule has 0 heterocycles. The lowest BCUT2D eigenvalue weighted by atomic mass is 11.1. The van der Waals surface area contributed by atoms with Gasteiger partial charge in [-0.3, -0.25) is 0 Å². The Bertz CT molecular complexity index is 487. The minimum atomic E-state index is -0.425. The van der Waals surface area contributed by atoms with Crippen molar-refractivity contribution in [1.29, 1.82) is 0 Å². The second-order valence-electron chi connectivity index (χ2n) is 4.69. The molecule has 1 amide bonds. The maximum atomic E-state index is 11.6. The molecule has 0 atom stereocenters. The molecule has 0 aliphatic rings. The number of carbonyl (C=O) groups is 1. The van der Waals surface area contributed by atoms with Crippen molar-refractivity contribution < 1.29 is 34.2 Å². The summed E-state index contributed by atoms with van der Waals surface area (Å²) in [6.45, 7) is 0. The molecule has 10 nitrogen and oxygen atoms in total. The first-order valence-corrected chi connectivity index (χ1v) is 18.4. The highest BCUT2D eigenvalue weighted by atomic mass is 32.2. The van der Waals surface area contributed by atoms with Gasteiger partial charge in [0.1, 0.15) is 17.8 Å². The van der Waals surface area contributed by atoms with Gasteiger partial charge in [0.05, 0.1) is 23.6 Å². The van der Waals surface area contributed by atoms with E-state index in [0.29, 0.717) is 34.6 Å². The second kappa shape index (κ2) is 30.9. The lowest BCUT2D eigenvalue weighted by molar-refractivity contribution is -0.196. The van der Waals surface area contributed by atoms with E-state index in [-0.39, 0.29) is 11.9 Å². The largest absolute Gasteiger partial charge is 0.438 e. The van der Waals surface area contributed by atoms with Crippen molar-refractivity contribution in [2.24, 2.45) is 9.98 Å². The molecule has 0 aliphatic carbocycles. The fourth-order valence-electron chi connectivity index (χ4n) is 1.18. The van der Waals surface area contributed by atoms with Crippen LogP contribution in [0.3, 0.4) is 0 Å². The number of ether oxygens (including phenoxy) is 1. The Kier molecular flexibility index (Phi) is 31.8. The molecule has 0 aromatic carbocycles. The van der Waals surface area contributed by atoms with Gasteiger partial charge in [-0.25, -0.2) is 14.8 Å². The van der Waals surface area contributed by atoms with Crippen LogP contribution in [0.2, 0.25) is 0 Å². The molecule has 0 aliphatic heterocycles. The third kappa shape index (κ3) is 30.9. The van der Waals surface area contributed by atoms with Crippen LogP contribution in [0, 0.1) is 0 Å². The van der Waals surface area contributed by atoms with Gasteiger partial charge < -0.3 is 24.9 Å². The molecule has 0 rings (SSSR count). The van der Waals surface area contributed by atoms with Gasteiger partial charge in [0.15, 0.2) is 0 Å². The summed E-state index contributed by atoms with van der Waals surface area (Å²) in [4.78, 5) is 38.8. The Morgan fingerprint density at radius 2 is 1.42 bits per heavy atom. The van der Waals surface area contributed by atoms with Crippen LogP contribution in [0.1, 0.15) is 0 Å². The van der Waals surface area contributed by atoms with Crippen LogP contribution in [-0.4, -0.2) is 92.0 Å². The van der Waals surface area contributed by atoms with E-state index in [2.05, 4.69) is 15.3 Å². The van der Waals surface area contributed by atoms with Crippen molar-refractivity contribution in [3.05, 3.63) is 0 Å². The zero-order chi connectivity index (χ0) is 24.1. The molecule has 0 radical (unpaired) electrons. The molecule has 0 aromatic rings. The zero-order valence-electron chi connectivity index (χ0n) is 18.0. The lowest BCUT2D eigenvalue weighted by Gasteiger charge is -2.06. The lowest BCUT2D eigenvalue weighted by Crippen LogP contribution is -2.23. The molecule has 194 valence electrons. The van der Waals surface area contributed by atoms with Gasteiger partial charge in [-0.15, -0.1) is 94.1 Å². The van der Waals surface area contributed by atoms with E-state index in [9.17, 15) is 4.79 Å². The van der Waals surface area contributed by atoms with E-state index in [1.807, 2.05) is 6.26 Å². The number of amides is 1. The highest BCUT2D eigenvalue weighted by Gasteiger charge is 2.01. The van der Waals surface area contributed by atoms with Crippen LogP contribution in [0.25, 0.3) is 0 Å². The van der Waals surface area contributed by atoms with Crippen molar-refractivity contribution in [1.82, 2.24) is 5.32 Å². The summed E-state index contributed by atoms with van der Waals surface area (Å²) in [6.07, 6.45) is 4.08. The molecule has 0 aromatic heterocycles. The number of hydrogen-bond acceptors (Lipinski definition) is 17. The van der Waals surface area contributed by atoms with Gasteiger partial charge in [0.25, 0.3) is 0 Å². The normalized spacial score (nSPS) is 11.3. The smallest absolute Gasteiger partial charge is 0.408 e. The van der Waals surface area contributed by atoms with E-state index < -0.39 is 6.09 Å². The third-order valence-electron chi connectivity index (χ3n) is 2.35. The van der Waals surface area contributed by atoms with Crippen LogP contribution in [0.15, 0.2) is 9.98 Å². The summed E-state index contributed by atoms with van der Waals surface area (Å²) >= 11 is 12.5. The topological polar surface area (TPSA) is 120 Å². The first kappa shape index (κ1) is 33.9. The Balaban J connectivity index is 3.22. The minimum Gasteiger partial charge on any atom is -0.438 e. The van der Waals surface area contributed by atoms with Crippen LogP contribution < -0.4 is 5.32 Å². The van der Waals surface area contributed by atoms with Crippen molar-refractivity contribution in [3.63, 3.8) is 0 Å². The standard InChI is InChI=1S/C15H29N3O7S8/c1-26-4-16-2-22-25-10-32-14-30-8-21-15(20)18-6-28-12-33-11-27-5-17-3-23-24-9-31-13-29-7-19/h2-3,19H,4-14H2,1H3,(H,18,20). The Labute approximate surface area is 229 Å². The number of carbonyl (C=O) groups excluding carboxylic acids is 1. The summed E-state index contributed by atoms with van der Waals surface area (Å²) in [5, 5.41) is 14.5. The molecule has 0 bridgehead atoms.